The van der Waals surface area contributed by atoms with E-state index in [1.807, 2.05) is 0 Å². The number of hydrogen-bond donors (Lipinski definition) is 2. The van der Waals surface area contributed by atoms with Crippen molar-refractivity contribution in [3.05, 3.63) is 28.8 Å². The summed E-state index contributed by atoms with van der Waals surface area (Å²) in [5, 5.41) is 12.7. The predicted molar refractivity (Wildman–Crippen MR) is 68.3 cm³/mol. The lowest BCUT2D eigenvalue weighted by Crippen LogP contribution is -2.28. The van der Waals surface area contributed by atoms with Gasteiger partial charge in [0.1, 0.15) is 0 Å². The molecule has 1 saturated carbocycles. The van der Waals surface area contributed by atoms with Gasteiger partial charge in [0.05, 0.1) is 22.4 Å². The van der Waals surface area contributed by atoms with E-state index < -0.39 is 11.7 Å². The van der Waals surface area contributed by atoms with E-state index in [1.165, 1.54) is 6.07 Å². The highest BCUT2D eigenvalue weighted by Crippen LogP contribution is 2.34. The molecule has 0 unspecified atom stereocenters. The van der Waals surface area contributed by atoms with Crippen LogP contribution in [0.2, 0.25) is 5.02 Å². The number of hydrogen-bond acceptors (Lipinski definition) is 2. The van der Waals surface area contributed by atoms with Crippen molar-refractivity contribution in [2.24, 2.45) is 0 Å². The van der Waals surface area contributed by atoms with Crippen molar-refractivity contribution in [1.82, 2.24) is 0 Å². The summed E-state index contributed by atoms with van der Waals surface area (Å²) >= 11 is 5.91. The second-order valence-electron chi connectivity index (χ2n) is 4.84. The fraction of sp³-hybridized carbons (Fsp3) is 0.538. The summed E-state index contributed by atoms with van der Waals surface area (Å²) in [5.74, 6) is 0. The Labute approximate surface area is 114 Å². The lowest BCUT2D eigenvalue weighted by atomic mass is 9.93. The Morgan fingerprint density at radius 2 is 1.79 bits per heavy atom. The largest absolute Gasteiger partial charge is 0.416 e. The van der Waals surface area contributed by atoms with Crippen LogP contribution in [0.4, 0.5) is 18.9 Å². The maximum absolute atomic E-state index is 12.6. The Morgan fingerprint density at radius 3 is 2.37 bits per heavy atom. The van der Waals surface area contributed by atoms with E-state index in [0.29, 0.717) is 18.5 Å². The summed E-state index contributed by atoms with van der Waals surface area (Å²) < 4.78 is 37.9. The first-order chi connectivity index (χ1) is 8.86. The second-order valence-corrected chi connectivity index (χ2v) is 5.25. The van der Waals surface area contributed by atoms with Gasteiger partial charge in [-0.15, -0.1) is 0 Å². The van der Waals surface area contributed by atoms with Gasteiger partial charge in [-0.3, -0.25) is 0 Å². The molecule has 1 aromatic carbocycles. The summed E-state index contributed by atoms with van der Waals surface area (Å²) in [7, 11) is 0. The highest BCUT2D eigenvalue weighted by atomic mass is 35.5. The maximum atomic E-state index is 12.6. The molecule has 0 spiro atoms. The van der Waals surface area contributed by atoms with E-state index in [-0.39, 0.29) is 17.2 Å². The summed E-state index contributed by atoms with van der Waals surface area (Å²) in [6, 6.07) is 3.32. The first-order valence-corrected chi connectivity index (χ1v) is 6.55. The van der Waals surface area contributed by atoms with E-state index in [2.05, 4.69) is 5.32 Å². The number of aliphatic hydroxyl groups is 1. The Morgan fingerprint density at radius 1 is 1.16 bits per heavy atom. The third-order valence-corrected chi connectivity index (χ3v) is 3.68. The quantitative estimate of drug-likeness (QED) is 0.861. The molecule has 0 saturated heterocycles. The van der Waals surface area contributed by atoms with Gasteiger partial charge >= 0.3 is 6.18 Å². The zero-order valence-corrected chi connectivity index (χ0v) is 10.9. The molecule has 2 N–H and O–H groups in total. The summed E-state index contributed by atoms with van der Waals surface area (Å²) in [6.45, 7) is 0. The van der Waals surface area contributed by atoms with Crippen LogP contribution in [-0.4, -0.2) is 17.3 Å². The highest BCUT2D eigenvalue weighted by molar-refractivity contribution is 6.33. The fourth-order valence-electron chi connectivity index (χ4n) is 2.25. The van der Waals surface area contributed by atoms with E-state index >= 15 is 0 Å². The highest BCUT2D eigenvalue weighted by Gasteiger charge is 2.31. The zero-order chi connectivity index (χ0) is 14.0. The van der Waals surface area contributed by atoms with Gasteiger partial charge in [0.2, 0.25) is 0 Å². The van der Waals surface area contributed by atoms with Gasteiger partial charge in [0.15, 0.2) is 0 Å². The number of benzene rings is 1. The molecule has 0 atom stereocenters. The predicted octanol–water partition coefficient (Wildman–Crippen LogP) is 4.07. The minimum atomic E-state index is -4.37. The molecule has 0 aliphatic heterocycles. The van der Waals surface area contributed by atoms with Crippen molar-refractivity contribution in [2.45, 2.75) is 44.0 Å². The first-order valence-electron chi connectivity index (χ1n) is 6.17. The number of nitrogens with one attached hydrogen (secondary N) is 1. The molecule has 106 valence electrons. The molecule has 1 aliphatic carbocycles. The van der Waals surface area contributed by atoms with Gasteiger partial charge in [0.25, 0.3) is 0 Å². The number of aliphatic hydroxyl groups excluding tert-OH is 1. The van der Waals surface area contributed by atoms with Gasteiger partial charge in [-0.05, 0) is 43.9 Å². The molecule has 0 heterocycles. The molecule has 1 aromatic rings. The topological polar surface area (TPSA) is 32.3 Å². The third-order valence-electron chi connectivity index (χ3n) is 3.35. The number of alkyl halides is 3. The maximum Gasteiger partial charge on any atom is 0.416 e. The van der Waals surface area contributed by atoms with Crippen molar-refractivity contribution in [2.75, 3.05) is 5.32 Å². The van der Waals surface area contributed by atoms with Gasteiger partial charge in [0, 0.05) is 6.04 Å². The Balaban J connectivity index is 2.11. The molecular weight excluding hydrogens is 279 g/mol. The molecule has 2 rings (SSSR count). The van der Waals surface area contributed by atoms with Gasteiger partial charge < -0.3 is 10.4 Å². The normalized spacial score (nSPS) is 24.3. The van der Waals surface area contributed by atoms with Crippen LogP contribution in [0.15, 0.2) is 18.2 Å². The smallest absolute Gasteiger partial charge is 0.393 e. The first kappa shape index (κ1) is 14.5. The van der Waals surface area contributed by atoms with Crippen LogP contribution in [-0.2, 0) is 6.18 Å². The molecule has 19 heavy (non-hydrogen) atoms. The van der Waals surface area contributed by atoms with Gasteiger partial charge in [-0.25, -0.2) is 0 Å². The van der Waals surface area contributed by atoms with E-state index in [1.54, 1.807) is 0 Å². The molecule has 0 radical (unpaired) electrons. The van der Waals surface area contributed by atoms with Crippen LogP contribution in [0, 0.1) is 0 Å². The van der Waals surface area contributed by atoms with Crippen LogP contribution < -0.4 is 5.32 Å². The SMILES string of the molecule is OC1CCC(Nc2cc(C(F)(F)F)ccc2Cl)CC1. The van der Waals surface area contributed by atoms with Crippen molar-refractivity contribution < 1.29 is 18.3 Å². The van der Waals surface area contributed by atoms with Crippen molar-refractivity contribution >= 4 is 17.3 Å². The van der Waals surface area contributed by atoms with Crippen molar-refractivity contribution in [3.8, 4) is 0 Å². The molecular formula is C13H15ClF3NO. The minimum Gasteiger partial charge on any atom is -0.393 e. The van der Waals surface area contributed by atoms with Gasteiger partial charge in [-0.2, -0.15) is 13.2 Å². The monoisotopic (exact) mass is 293 g/mol. The van der Waals surface area contributed by atoms with Crippen LogP contribution in [0.5, 0.6) is 0 Å². The van der Waals surface area contributed by atoms with Crippen LogP contribution in [0.3, 0.4) is 0 Å². The van der Waals surface area contributed by atoms with E-state index in [0.717, 1.165) is 25.0 Å². The summed E-state index contributed by atoms with van der Waals surface area (Å²) in [4.78, 5) is 0. The standard InChI is InChI=1S/C13H15ClF3NO/c14-11-6-1-8(13(15,16)17)7-12(11)18-9-2-4-10(19)5-3-9/h1,6-7,9-10,18-19H,2-5H2. The van der Waals surface area contributed by atoms with Crippen molar-refractivity contribution in [3.63, 3.8) is 0 Å². The van der Waals surface area contributed by atoms with Crippen molar-refractivity contribution in [1.29, 1.82) is 0 Å². The third kappa shape index (κ3) is 3.76. The minimum absolute atomic E-state index is 0.0596. The average molecular weight is 294 g/mol. The fourth-order valence-corrected chi connectivity index (χ4v) is 2.42. The van der Waals surface area contributed by atoms with Crippen LogP contribution in [0.25, 0.3) is 0 Å². The molecule has 1 aliphatic rings. The number of anilines is 1. The molecule has 0 amide bonds. The summed E-state index contributed by atoms with van der Waals surface area (Å²) in [5.41, 5.74) is -0.409. The molecule has 6 heteroatoms. The lowest BCUT2D eigenvalue weighted by Gasteiger charge is -2.27. The van der Waals surface area contributed by atoms with E-state index in [9.17, 15) is 18.3 Å². The van der Waals surface area contributed by atoms with Gasteiger partial charge in [-0.1, -0.05) is 11.6 Å². The molecule has 2 nitrogen and oxygen atoms in total. The second kappa shape index (κ2) is 5.59. The Kier molecular flexibility index (Phi) is 4.26. The number of halogens is 4. The molecule has 0 aromatic heterocycles. The summed E-state index contributed by atoms with van der Waals surface area (Å²) in [6.07, 6.45) is -1.89. The Hall–Kier alpha value is -0.940. The van der Waals surface area contributed by atoms with E-state index in [4.69, 9.17) is 11.6 Å². The Bertz CT molecular complexity index is 442. The molecule has 1 fully saturated rings. The zero-order valence-electron chi connectivity index (χ0n) is 10.2. The lowest BCUT2D eigenvalue weighted by molar-refractivity contribution is -0.137. The molecule has 0 bridgehead atoms. The van der Waals surface area contributed by atoms with Crippen LogP contribution in [0.1, 0.15) is 31.2 Å². The number of rotatable bonds is 2. The van der Waals surface area contributed by atoms with Crippen LogP contribution >= 0.6 is 11.6 Å². The average Bonchev–Trinajstić information content (AvgIpc) is 2.33.